The number of amides is 1. The summed E-state index contributed by atoms with van der Waals surface area (Å²) >= 11 is 0. The van der Waals surface area contributed by atoms with E-state index >= 15 is 0 Å². The van der Waals surface area contributed by atoms with Crippen LogP contribution in [0.2, 0.25) is 0 Å². The molecule has 1 heterocycles. The normalized spacial score (nSPS) is 22.7. The van der Waals surface area contributed by atoms with E-state index in [-0.39, 0.29) is 18.1 Å². The lowest BCUT2D eigenvalue weighted by Crippen LogP contribution is -2.40. The van der Waals surface area contributed by atoms with E-state index in [2.05, 4.69) is 42.6 Å². The number of hydrogen-bond donors (Lipinski definition) is 2. The Balaban J connectivity index is 1.31. The van der Waals surface area contributed by atoms with Gasteiger partial charge in [0.25, 0.3) is 5.91 Å². The zero-order valence-electron chi connectivity index (χ0n) is 19.3. The Bertz CT molecular complexity index is 890. The Morgan fingerprint density at radius 1 is 1.12 bits per heavy atom. The standard InChI is InChI=1S/C27H36N2O3/c1-3-32-26-6-4-5-22(18-26)19(2)28-24-12-11-23(17-24)20-7-9-21(10-8-20)27(31)29-15-13-25(30)14-16-29/h4-10,18-19,23-25,28,30H,3,11-17H2,1-2H3/t19-,23-,24+/m1/s1. The minimum Gasteiger partial charge on any atom is -0.494 e. The van der Waals surface area contributed by atoms with Crippen LogP contribution in [-0.4, -0.2) is 47.8 Å². The molecule has 172 valence electrons. The minimum atomic E-state index is -0.262. The number of likely N-dealkylation sites (tertiary alicyclic amines) is 1. The molecule has 5 nitrogen and oxygen atoms in total. The zero-order chi connectivity index (χ0) is 22.5. The maximum atomic E-state index is 12.7. The van der Waals surface area contributed by atoms with Gasteiger partial charge in [0.2, 0.25) is 0 Å². The second-order valence-corrected chi connectivity index (χ2v) is 9.25. The van der Waals surface area contributed by atoms with Gasteiger partial charge in [-0.25, -0.2) is 0 Å². The highest BCUT2D eigenvalue weighted by Crippen LogP contribution is 2.36. The molecule has 5 heteroatoms. The van der Waals surface area contributed by atoms with Gasteiger partial charge in [0, 0.05) is 30.7 Å². The van der Waals surface area contributed by atoms with Crippen molar-refractivity contribution in [1.82, 2.24) is 10.2 Å². The third kappa shape index (κ3) is 5.51. The maximum Gasteiger partial charge on any atom is 0.253 e. The number of rotatable bonds is 7. The molecule has 1 saturated heterocycles. The monoisotopic (exact) mass is 436 g/mol. The van der Waals surface area contributed by atoms with Crippen molar-refractivity contribution < 1.29 is 14.6 Å². The number of benzene rings is 2. The van der Waals surface area contributed by atoms with Crippen molar-refractivity contribution in [3.05, 3.63) is 65.2 Å². The van der Waals surface area contributed by atoms with E-state index in [1.165, 1.54) is 17.5 Å². The molecular weight excluding hydrogens is 400 g/mol. The van der Waals surface area contributed by atoms with Gasteiger partial charge in [-0.15, -0.1) is 0 Å². The molecule has 1 aliphatic carbocycles. The van der Waals surface area contributed by atoms with Crippen molar-refractivity contribution in [2.24, 2.45) is 0 Å². The second-order valence-electron chi connectivity index (χ2n) is 9.25. The molecule has 2 aliphatic rings. The van der Waals surface area contributed by atoms with Crippen molar-refractivity contribution in [2.75, 3.05) is 19.7 Å². The Hall–Kier alpha value is -2.37. The molecule has 0 spiro atoms. The molecular formula is C27H36N2O3. The third-order valence-corrected chi connectivity index (χ3v) is 6.97. The van der Waals surface area contributed by atoms with E-state index in [9.17, 15) is 9.90 Å². The summed E-state index contributed by atoms with van der Waals surface area (Å²) in [5.41, 5.74) is 3.33. The van der Waals surface area contributed by atoms with Crippen LogP contribution in [0.15, 0.2) is 48.5 Å². The summed E-state index contributed by atoms with van der Waals surface area (Å²) in [6, 6.07) is 17.4. The van der Waals surface area contributed by atoms with E-state index < -0.39 is 0 Å². The molecule has 0 bridgehead atoms. The zero-order valence-corrected chi connectivity index (χ0v) is 19.3. The number of carbonyl (C=O) groups excluding carboxylic acids is 1. The summed E-state index contributed by atoms with van der Waals surface area (Å²) in [6.07, 6.45) is 4.54. The lowest BCUT2D eigenvalue weighted by atomic mass is 9.96. The number of hydrogen-bond acceptors (Lipinski definition) is 4. The van der Waals surface area contributed by atoms with Gasteiger partial charge in [0.05, 0.1) is 12.7 Å². The first-order valence-corrected chi connectivity index (χ1v) is 12.1. The average molecular weight is 437 g/mol. The van der Waals surface area contributed by atoms with Crippen LogP contribution in [0, 0.1) is 0 Å². The fraction of sp³-hybridized carbons (Fsp3) is 0.519. The number of piperidine rings is 1. The quantitative estimate of drug-likeness (QED) is 0.662. The maximum absolute atomic E-state index is 12.7. The Morgan fingerprint density at radius 2 is 1.88 bits per heavy atom. The fourth-order valence-corrected chi connectivity index (χ4v) is 5.08. The molecule has 2 N–H and O–H groups in total. The van der Waals surface area contributed by atoms with Gasteiger partial charge < -0.3 is 20.1 Å². The number of carbonyl (C=O) groups is 1. The van der Waals surface area contributed by atoms with Crippen molar-refractivity contribution in [1.29, 1.82) is 0 Å². The van der Waals surface area contributed by atoms with Gasteiger partial charge in [0.1, 0.15) is 5.75 Å². The SMILES string of the molecule is CCOc1cccc([C@@H](C)N[C@H]2CC[C@@H](c3ccc(C(=O)N4CCC(O)CC4)cc3)C2)c1. The van der Waals surface area contributed by atoms with Gasteiger partial charge in [-0.1, -0.05) is 24.3 Å². The number of aliphatic hydroxyl groups excluding tert-OH is 1. The van der Waals surface area contributed by atoms with Crippen LogP contribution in [-0.2, 0) is 0 Å². The summed E-state index contributed by atoms with van der Waals surface area (Å²) in [6.45, 7) is 6.20. The van der Waals surface area contributed by atoms with E-state index in [1.54, 1.807) is 0 Å². The number of ether oxygens (including phenoxy) is 1. The predicted octanol–water partition coefficient (Wildman–Crippen LogP) is 4.67. The Morgan fingerprint density at radius 3 is 2.59 bits per heavy atom. The summed E-state index contributed by atoms with van der Waals surface area (Å²) in [7, 11) is 0. The molecule has 2 fully saturated rings. The fourth-order valence-electron chi connectivity index (χ4n) is 5.08. The van der Waals surface area contributed by atoms with E-state index in [0.29, 0.717) is 44.5 Å². The van der Waals surface area contributed by atoms with Gasteiger partial charge in [-0.3, -0.25) is 4.79 Å². The first-order chi connectivity index (χ1) is 15.5. The topological polar surface area (TPSA) is 61.8 Å². The van der Waals surface area contributed by atoms with Crippen LogP contribution in [0.3, 0.4) is 0 Å². The first kappa shape index (κ1) is 22.8. The average Bonchev–Trinajstić information content (AvgIpc) is 3.28. The van der Waals surface area contributed by atoms with Gasteiger partial charge in [-0.2, -0.15) is 0 Å². The smallest absolute Gasteiger partial charge is 0.253 e. The molecule has 1 aliphatic heterocycles. The van der Waals surface area contributed by atoms with Gasteiger partial charge in [0.15, 0.2) is 0 Å². The first-order valence-electron chi connectivity index (χ1n) is 12.1. The Labute approximate surface area is 191 Å². The molecule has 1 amide bonds. The Kier molecular flexibility index (Phi) is 7.48. The van der Waals surface area contributed by atoms with E-state index in [1.807, 2.05) is 30.0 Å². The van der Waals surface area contributed by atoms with Crippen molar-refractivity contribution in [3.63, 3.8) is 0 Å². The molecule has 4 rings (SSSR count). The molecule has 0 aromatic heterocycles. The summed E-state index contributed by atoms with van der Waals surface area (Å²) in [4.78, 5) is 14.6. The van der Waals surface area contributed by atoms with Crippen molar-refractivity contribution >= 4 is 5.91 Å². The summed E-state index contributed by atoms with van der Waals surface area (Å²) in [5.74, 6) is 1.54. The second kappa shape index (κ2) is 10.5. The predicted molar refractivity (Wildman–Crippen MR) is 127 cm³/mol. The molecule has 3 atom stereocenters. The van der Waals surface area contributed by atoms with Crippen LogP contribution in [0.25, 0.3) is 0 Å². The summed E-state index contributed by atoms with van der Waals surface area (Å²) < 4.78 is 5.65. The minimum absolute atomic E-state index is 0.0810. The molecule has 2 aromatic carbocycles. The van der Waals surface area contributed by atoms with E-state index in [4.69, 9.17) is 4.74 Å². The number of nitrogens with one attached hydrogen (secondary N) is 1. The van der Waals surface area contributed by atoms with Crippen LogP contribution in [0.4, 0.5) is 0 Å². The molecule has 1 saturated carbocycles. The third-order valence-electron chi connectivity index (χ3n) is 6.97. The van der Waals surface area contributed by atoms with E-state index in [0.717, 1.165) is 24.2 Å². The van der Waals surface area contributed by atoms with Crippen LogP contribution in [0.1, 0.15) is 79.4 Å². The van der Waals surface area contributed by atoms with Gasteiger partial charge in [-0.05, 0) is 87.3 Å². The number of aliphatic hydroxyl groups is 1. The van der Waals surface area contributed by atoms with Crippen LogP contribution >= 0.6 is 0 Å². The van der Waals surface area contributed by atoms with Gasteiger partial charge >= 0.3 is 0 Å². The highest BCUT2D eigenvalue weighted by molar-refractivity contribution is 5.94. The number of nitrogens with zero attached hydrogens (tertiary/aromatic N) is 1. The highest BCUT2D eigenvalue weighted by atomic mass is 16.5. The van der Waals surface area contributed by atoms with Crippen LogP contribution in [0.5, 0.6) is 5.75 Å². The largest absolute Gasteiger partial charge is 0.494 e. The van der Waals surface area contributed by atoms with Crippen LogP contribution < -0.4 is 10.1 Å². The highest BCUT2D eigenvalue weighted by Gasteiger charge is 2.28. The lowest BCUT2D eigenvalue weighted by molar-refractivity contribution is 0.0546. The molecule has 2 aromatic rings. The summed E-state index contributed by atoms with van der Waals surface area (Å²) in [5, 5.41) is 13.5. The molecule has 0 radical (unpaired) electrons. The lowest BCUT2D eigenvalue weighted by Gasteiger charge is -2.29. The molecule has 0 unspecified atom stereocenters. The van der Waals surface area contributed by atoms with Crippen molar-refractivity contribution in [3.8, 4) is 5.75 Å². The molecule has 32 heavy (non-hydrogen) atoms. The van der Waals surface area contributed by atoms with Crippen molar-refractivity contribution in [2.45, 2.75) is 70.1 Å².